The van der Waals surface area contributed by atoms with Gasteiger partial charge in [-0.05, 0) is 12.1 Å². The van der Waals surface area contributed by atoms with E-state index in [0.29, 0.717) is 25.1 Å². The summed E-state index contributed by atoms with van der Waals surface area (Å²) in [6.45, 7) is 0.895. The maximum absolute atomic E-state index is 11.9. The molecule has 0 bridgehead atoms. The third kappa shape index (κ3) is 3.00. The Morgan fingerprint density at radius 1 is 1.57 bits per heavy atom. The van der Waals surface area contributed by atoms with Crippen LogP contribution in [0.3, 0.4) is 0 Å². The normalized spacial score (nSPS) is 18.1. The van der Waals surface area contributed by atoms with E-state index >= 15 is 0 Å². The number of rotatable bonds is 4. The van der Waals surface area contributed by atoms with E-state index < -0.39 is 11.0 Å². The summed E-state index contributed by atoms with van der Waals surface area (Å²) in [5.74, 6) is -0.275. The summed E-state index contributed by atoms with van der Waals surface area (Å²) in [7, 11) is 1.50. The smallest absolute Gasteiger partial charge is 0.293 e. The van der Waals surface area contributed by atoms with Gasteiger partial charge in [-0.15, -0.1) is 0 Å². The second-order valence-electron chi connectivity index (χ2n) is 4.52. The molecule has 0 aliphatic carbocycles. The topological polar surface area (TPSA) is 102 Å². The third-order valence-electron chi connectivity index (χ3n) is 3.32. The van der Waals surface area contributed by atoms with Crippen molar-refractivity contribution in [2.24, 2.45) is 0 Å². The molecule has 1 aliphatic rings. The van der Waals surface area contributed by atoms with Crippen LogP contribution in [0.25, 0.3) is 0 Å². The van der Waals surface area contributed by atoms with Crippen LogP contribution in [-0.4, -0.2) is 50.0 Å². The Kier molecular flexibility index (Phi) is 4.49. The van der Waals surface area contributed by atoms with E-state index in [1.807, 2.05) is 0 Å². The Morgan fingerprint density at radius 3 is 2.95 bits per heavy atom. The van der Waals surface area contributed by atoms with Gasteiger partial charge in [0.05, 0.1) is 18.1 Å². The Hall–Kier alpha value is -2.48. The molecule has 0 radical (unpaired) electrons. The average molecular weight is 293 g/mol. The molecule has 1 amide bonds. The highest BCUT2D eigenvalue weighted by Crippen LogP contribution is 2.31. The molecule has 8 heteroatoms. The fraction of sp³-hybridized carbons (Fsp3) is 0.385. The minimum atomic E-state index is -0.635. The summed E-state index contributed by atoms with van der Waals surface area (Å²) >= 11 is 0. The predicted octanol–water partition coefficient (Wildman–Crippen LogP) is 0.358. The van der Waals surface area contributed by atoms with Gasteiger partial charge >= 0.3 is 0 Å². The standard InChI is InChI=1S/C13H15N3O5/c1-14-13(18)12-8-21-5-4-15(12)10-3-2-9(7-17)6-11(10)16(19)20/h2-3,6-7,12H,4-5,8H2,1H3,(H,14,18). The quantitative estimate of drug-likeness (QED) is 0.488. The number of carbonyl (C=O) groups is 2. The predicted molar refractivity (Wildman–Crippen MR) is 74.5 cm³/mol. The summed E-state index contributed by atoms with van der Waals surface area (Å²) in [5.41, 5.74) is 0.327. The number of benzene rings is 1. The molecule has 0 aromatic heterocycles. The van der Waals surface area contributed by atoms with Crippen LogP contribution in [0, 0.1) is 10.1 Å². The maximum atomic E-state index is 11.9. The Labute approximate surface area is 120 Å². The van der Waals surface area contributed by atoms with E-state index in [1.165, 1.54) is 25.2 Å². The SMILES string of the molecule is CNC(=O)C1COCCN1c1ccc(C=O)cc1[N+](=O)[O-]. The van der Waals surface area contributed by atoms with E-state index in [0.717, 1.165) is 0 Å². The van der Waals surface area contributed by atoms with Crippen LogP contribution in [0.5, 0.6) is 0 Å². The van der Waals surface area contributed by atoms with Crippen LogP contribution in [0.2, 0.25) is 0 Å². The maximum Gasteiger partial charge on any atom is 0.293 e. The lowest BCUT2D eigenvalue weighted by molar-refractivity contribution is -0.384. The van der Waals surface area contributed by atoms with Gasteiger partial charge in [0, 0.05) is 25.2 Å². The van der Waals surface area contributed by atoms with Gasteiger partial charge in [-0.3, -0.25) is 19.7 Å². The van der Waals surface area contributed by atoms with Gasteiger partial charge in [-0.2, -0.15) is 0 Å². The zero-order chi connectivity index (χ0) is 15.4. The molecule has 1 unspecified atom stereocenters. The number of amides is 1. The lowest BCUT2D eigenvalue weighted by Crippen LogP contribution is -2.53. The summed E-state index contributed by atoms with van der Waals surface area (Å²) in [6, 6.07) is 3.55. The molecule has 112 valence electrons. The number of aldehydes is 1. The highest BCUT2D eigenvalue weighted by molar-refractivity contribution is 5.87. The molecular formula is C13H15N3O5. The number of nitro benzene ring substituents is 1. The Bertz CT molecular complexity index is 575. The van der Waals surface area contributed by atoms with Crippen molar-refractivity contribution in [3.63, 3.8) is 0 Å². The molecule has 1 atom stereocenters. The molecule has 0 saturated carbocycles. The molecule has 1 aromatic rings. The van der Waals surface area contributed by atoms with E-state index in [-0.39, 0.29) is 23.8 Å². The van der Waals surface area contributed by atoms with Crippen LogP contribution >= 0.6 is 0 Å². The first-order valence-electron chi connectivity index (χ1n) is 6.38. The van der Waals surface area contributed by atoms with Crippen molar-refractivity contribution in [2.45, 2.75) is 6.04 Å². The Balaban J connectivity index is 2.44. The Morgan fingerprint density at radius 2 is 2.33 bits per heavy atom. The number of likely N-dealkylation sites (N-methyl/N-ethyl adjacent to an activating group) is 1. The molecule has 1 aliphatic heterocycles. The molecule has 1 aromatic carbocycles. The highest BCUT2D eigenvalue weighted by Gasteiger charge is 2.32. The van der Waals surface area contributed by atoms with E-state index in [4.69, 9.17) is 4.74 Å². The van der Waals surface area contributed by atoms with Crippen LogP contribution in [0.4, 0.5) is 11.4 Å². The molecule has 21 heavy (non-hydrogen) atoms. The number of hydrogen-bond donors (Lipinski definition) is 1. The summed E-state index contributed by atoms with van der Waals surface area (Å²) in [6.07, 6.45) is 0.548. The molecule has 1 fully saturated rings. The molecule has 2 rings (SSSR count). The second kappa shape index (κ2) is 6.31. The molecule has 1 heterocycles. The fourth-order valence-corrected chi connectivity index (χ4v) is 2.28. The lowest BCUT2D eigenvalue weighted by atomic mass is 10.1. The first kappa shape index (κ1) is 14.9. The van der Waals surface area contributed by atoms with Gasteiger partial charge in [-0.1, -0.05) is 0 Å². The van der Waals surface area contributed by atoms with Crippen LogP contribution in [0.1, 0.15) is 10.4 Å². The van der Waals surface area contributed by atoms with Crippen molar-refractivity contribution in [2.75, 3.05) is 31.7 Å². The van der Waals surface area contributed by atoms with Crippen LogP contribution in [-0.2, 0) is 9.53 Å². The first-order chi connectivity index (χ1) is 10.1. The lowest BCUT2D eigenvalue weighted by Gasteiger charge is -2.35. The number of hydrogen-bond acceptors (Lipinski definition) is 6. The average Bonchev–Trinajstić information content (AvgIpc) is 2.53. The molecule has 0 spiro atoms. The van der Waals surface area contributed by atoms with Gasteiger partial charge in [0.1, 0.15) is 18.0 Å². The van der Waals surface area contributed by atoms with Gasteiger partial charge in [0.25, 0.3) is 5.69 Å². The van der Waals surface area contributed by atoms with Crippen molar-refractivity contribution >= 4 is 23.6 Å². The van der Waals surface area contributed by atoms with Crippen molar-refractivity contribution < 1.29 is 19.2 Å². The summed E-state index contributed by atoms with van der Waals surface area (Å²) < 4.78 is 5.27. The van der Waals surface area contributed by atoms with E-state index in [1.54, 1.807) is 4.90 Å². The highest BCUT2D eigenvalue weighted by atomic mass is 16.6. The zero-order valence-corrected chi connectivity index (χ0v) is 11.4. The number of morpholine rings is 1. The summed E-state index contributed by atoms with van der Waals surface area (Å²) in [4.78, 5) is 35.0. The van der Waals surface area contributed by atoms with Crippen LogP contribution < -0.4 is 10.2 Å². The van der Waals surface area contributed by atoms with Crippen molar-refractivity contribution in [1.82, 2.24) is 5.32 Å². The summed E-state index contributed by atoms with van der Waals surface area (Å²) in [5, 5.41) is 13.7. The number of ether oxygens (including phenoxy) is 1. The fourth-order valence-electron chi connectivity index (χ4n) is 2.28. The van der Waals surface area contributed by atoms with Crippen molar-refractivity contribution in [1.29, 1.82) is 0 Å². The number of nitrogens with one attached hydrogen (secondary N) is 1. The molecule has 1 saturated heterocycles. The largest absolute Gasteiger partial charge is 0.377 e. The minimum Gasteiger partial charge on any atom is -0.377 e. The number of nitrogens with zero attached hydrogens (tertiary/aromatic N) is 2. The number of anilines is 1. The van der Waals surface area contributed by atoms with Gasteiger partial charge in [0.2, 0.25) is 5.91 Å². The van der Waals surface area contributed by atoms with E-state index in [2.05, 4.69) is 5.32 Å². The van der Waals surface area contributed by atoms with Gasteiger partial charge in [-0.25, -0.2) is 0 Å². The van der Waals surface area contributed by atoms with Gasteiger partial charge in [0.15, 0.2) is 0 Å². The van der Waals surface area contributed by atoms with Gasteiger partial charge < -0.3 is 15.0 Å². The number of carbonyl (C=O) groups excluding carboxylic acids is 2. The molecule has 1 N–H and O–H groups in total. The van der Waals surface area contributed by atoms with E-state index in [9.17, 15) is 19.7 Å². The minimum absolute atomic E-state index is 0.159. The monoisotopic (exact) mass is 293 g/mol. The number of nitro groups is 1. The molecule has 8 nitrogen and oxygen atoms in total. The molecular weight excluding hydrogens is 278 g/mol. The van der Waals surface area contributed by atoms with Crippen LogP contribution in [0.15, 0.2) is 18.2 Å². The second-order valence-corrected chi connectivity index (χ2v) is 4.52. The third-order valence-corrected chi connectivity index (χ3v) is 3.32. The van der Waals surface area contributed by atoms with Crippen molar-refractivity contribution in [3.8, 4) is 0 Å². The van der Waals surface area contributed by atoms with Crippen molar-refractivity contribution in [3.05, 3.63) is 33.9 Å². The zero-order valence-electron chi connectivity index (χ0n) is 11.4. The first-order valence-corrected chi connectivity index (χ1v) is 6.38.